The molecule has 3 aromatic rings. The number of nitrogens with zero attached hydrogens (tertiary/aromatic N) is 5. The Hall–Kier alpha value is -2.83. The summed E-state index contributed by atoms with van der Waals surface area (Å²) in [6.07, 6.45) is 2.33. The summed E-state index contributed by atoms with van der Waals surface area (Å²) < 4.78 is 5.42. The maximum atomic E-state index is 5.42. The molecule has 122 valence electrons. The molecule has 7 nitrogen and oxygen atoms in total. The van der Waals surface area contributed by atoms with Gasteiger partial charge in [0.1, 0.15) is 5.69 Å². The lowest BCUT2D eigenvalue weighted by atomic mass is 10.2. The molecule has 0 unspecified atom stereocenters. The van der Waals surface area contributed by atoms with Crippen LogP contribution in [-0.2, 0) is 0 Å². The summed E-state index contributed by atoms with van der Waals surface area (Å²) in [6.45, 7) is 5.82. The van der Waals surface area contributed by atoms with Crippen molar-refractivity contribution in [3.63, 3.8) is 0 Å². The van der Waals surface area contributed by atoms with Crippen molar-refractivity contribution in [2.45, 2.75) is 39.7 Å². The van der Waals surface area contributed by atoms with Crippen LogP contribution in [0.1, 0.15) is 29.9 Å². The Bertz CT molecular complexity index is 880. The molecule has 1 saturated carbocycles. The SMILES string of the molecule is Cc1cc(-c2noc(-c3cc(C)nc(NC4CC4)n3)n2)cc(C)n1. The molecule has 1 N–H and O–H groups in total. The van der Waals surface area contributed by atoms with Gasteiger partial charge in [-0.05, 0) is 51.8 Å². The third kappa shape index (κ3) is 3.10. The maximum absolute atomic E-state index is 5.42. The van der Waals surface area contributed by atoms with Gasteiger partial charge in [0.15, 0.2) is 0 Å². The number of hydrogen-bond donors (Lipinski definition) is 1. The van der Waals surface area contributed by atoms with Crippen LogP contribution in [0.25, 0.3) is 23.0 Å². The van der Waals surface area contributed by atoms with Gasteiger partial charge in [-0.15, -0.1) is 0 Å². The lowest BCUT2D eigenvalue weighted by Crippen LogP contribution is -2.06. The fraction of sp³-hybridized carbons (Fsp3) is 0.353. The second-order valence-corrected chi connectivity index (χ2v) is 6.20. The largest absolute Gasteiger partial charge is 0.351 e. The Morgan fingerprint density at radius 3 is 2.33 bits per heavy atom. The zero-order chi connectivity index (χ0) is 16.7. The van der Waals surface area contributed by atoms with Crippen molar-refractivity contribution in [2.75, 3.05) is 5.32 Å². The molecule has 1 fully saturated rings. The molecule has 0 atom stereocenters. The van der Waals surface area contributed by atoms with E-state index in [1.165, 1.54) is 0 Å². The molecule has 0 radical (unpaired) electrons. The quantitative estimate of drug-likeness (QED) is 0.789. The van der Waals surface area contributed by atoms with Crippen LogP contribution in [0.5, 0.6) is 0 Å². The third-order valence-electron chi connectivity index (χ3n) is 3.75. The highest BCUT2D eigenvalue weighted by atomic mass is 16.5. The van der Waals surface area contributed by atoms with Gasteiger partial charge in [-0.25, -0.2) is 9.97 Å². The van der Waals surface area contributed by atoms with E-state index in [1.807, 2.05) is 39.0 Å². The van der Waals surface area contributed by atoms with E-state index < -0.39 is 0 Å². The van der Waals surface area contributed by atoms with Crippen LogP contribution in [0.2, 0.25) is 0 Å². The van der Waals surface area contributed by atoms with Gasteiger partial charge in [-0.1, -0.05) is 5.16 Å². The van der Waals surface area contributed by atoms with E-state index >= 15 is 0 Å². The summed E-state index contributed by atoms with van der Waals surface area (Å²) in [5.74, 6) is 1.54. The van der Waals surface area contributed by atoms with Gasteiger partial charge < -0.3 is 9.84 Å². The highest BCUT2D eigenvalue weighted by molar-refractivity contribution is 5.59. The number of nitrogens with one attached hydrogen (secondary N) is 1. The third-order valence-corrected chi connectivity index (χ3v) is 3.75. The first-order chi connectivity index (χ1) is 11.6. The Labute approximate surface area is 139 Å². The van der Waals surface area contributed by atoms with Gasteiger partial charge in [0.25, 0.3) is 5.89 Å². The number of pyridine rings is 1. The molecule has 24 heavy (non-hydrogen) atoms. The van der Waals surface area contributed by atoms with Gasteiger partial charge in [-0.2, -0.15) is 4.98 Å². The minimum absolute atomic E-state index is 0.390. The monoisotopic (exact) mass is 322 g/mol. The second kappa shape index (κ2) is 5.67. The number of hydrogen-bond acceptors (Lipinski definition) is 7. The highest BCUT2D eigenvalue weighted by Crippen LogP contribution is 2.26. The van der Waals surface area contributed by atoms with Crippen LogP contribution < -0.4 is 5.32 Å². The summed E-state index contributed by atoms with van der Waals surface area (Å²) in [4.78, 5) is 17.8. The average molecular weight is 322 g/mol. The van der Waals surface area contributed by atoms with E-state index in [-0.39, 0.29) is 0 Å². The Morgan fingerprint density at radius 2 is 1.62 bits per heavy atom. The summed E-state index contributed by atoms with van der Waals surface area (Å²) in [5.41, 5.74) is 4.22. The van der Waals surface area contributed by atoms with E-state index in [0.717, 1.165) is 35.5 Å². The molecule has 3 aromatic heterocycles. The summed E-state index contributed by atoms with van der Waals surface area (Å²) in [6, 6.07) is 6.21. The summed E-state index contributed by atoms with van der Waals surface area (Å²) >= 11 is 0. The summed E-state index contributed by atoms with van der Waals surface area (Å²) in [7, 11) is 0. The standard InChI is InChI=1S/C17H18N6O/c1-9-6-12(7-10(2)18-9)15-22-16(24-23-15)14-8-11(3)19-17(21-14)20-13-4-5-13/h6-8,13H,4-5H2,1-3H3,(H,19,20,21). The molecular formula is C17H18N6O. The van der Waals surface area contributed by atoms with E-state index in [0.29, 0.717) is 29.4 Å². The zero-order valence-corrected chi connectivity index (χ0v) is 13.9. The normalized spacial score (nSPS) is 14.0. The van der Waals surface area contributed by atoms with Gasteiger partial charge in [0.05, 0.1) is 0 Å². The molecule has 0 aromatic carbocycles. The van der Waals surface area contributed by atoms with Crippen LogP contribution in [0.3, 0.4) is 0 Å². The molecule has 1 aliphatic carbocycles. The summed E-state index contributed by atoms with van der Waals surface area (Å²) in [5, 5.41) is 7.38. The van der Waals surface area contributed by atoms with Crippen LogP contribution in [-0.4, -0.2) is 31.1 Å². The van der Waals surface area contributed by atoms with Crippen molar-refractivity contribution in [3.05, 3.63) is 35.3 Å². The molecular weight excluding hydrogens is 304 g/mol. The number of rotatable bonds is 4. The van der Waals surface area contributed by atoms with Crippen molar-refractivity contribution >= 4 is 5.95 Å². The minimum Gasteiger partial charge on any atom is -0.351 e. The van der Waals surface area contributed by atoms with Crippen molar-refractivity contribution in [1.29, 1.82) is 0 Å². The van der Waals surface area contributed by atoms with Crippen molar-refractivity contribution < 1.29 is 4.52 Å². The highest BCUT2D eigenvalue weighted by Gasteiger charge is 2.23. The van der Waals surface area contributed by atoms with Gasteiger partial charge in [0.2, 0.25) is 11.8 Å². The number of aromatic nitrogens is 5. The molecule has 7 heteroatoms. The number of anilines is 1. The van der Waals surface area contributed by atoms with Crippen LogP contribution in [0.15, 0.2) is 22.7 Å². The molecule has 3 heterocycles. The van der Waals surface area contributed by atoms with E-state index in [1.54, 1.807) is 0 Å². The fourth-order valence-electron chi connectivity index (χ4n) is 2.56. The maximum Gasteiger partial charge on any atom is 0.277 e. The Kier molecular flexibility index (Phi) is 3.48. The van der Waals surface area contributed by atoms with Gasteiger partial charge in [-0.3, -0.25) is 4.98 Å². The topological polar surface area (TPSA) is 89.6 Å². The van der Waals surface area contributed by atoms with Crippen molar-refractivity contribution in [3.8, 4) is 23.0 Å². The smallest absolute Gasteiger partial charge is 0.277 e. The lowest BCUT2D eigenvalue weighted by Gasteiger charge is -2.04. The van der Waals surface area contributed by atoms with E-state index in [2.05, 4.69) is 30.4 Å². The van der Waals surface area contributed by atoms with E-state index in [4.69, 9.17) is 4.52 Å². The molecule has 4 rings (SSSR count). The van der Waals surface area contributed by atoms with Gasteiger partial charge >= 0.3 is 0 Å². The first kappa shape index (κ1) is 14.7. The predicted octanol–water partition coefficient (Wildman–Crippen LogP) is 3.09. The van der Waals surface area contributed by atoms with Crippen LogP contribution in [0, 0.1) is 20.8 Å². The van der Waals surface area contributed by atoms with Gasteiger partial charge in [0, 0.05) is 28.7 Å². The fourth-order valence-corrected chi connectivity index (χ4v) is 2.56. The molecule has 0 saturated heterocycles. The first-order valence-corrected chi connectivity index (χ1v) is 7.99. The predicted molar refractivity (Wildman–Crippen MR) is 89.4 cm³/mol. The van der Waals surface area contributed by atoms with Crippen LogP contribution in [0.4, 0.5) is 5.95 Å². The molecule has 0 bridgehead atoms. The molecule has 0 aliphatic heterocycles. The van der Waals surface area contributed by atoms with Crippen molar-refractivity contribution in [1.82, 2.24) is 25.1 Å². The zero-order valence-electron chi connectivity index (χ0n) is 13.9. The number of aryl methyl sites for hydroxylation is 3. The lowest BCUT2D eigenvalue weighted by molar-refractivity contribution is 0.431. The van der Waals surface area contributed by atoms with Crippen molar-refractivity contribution in [2.24, 2.45) is 0 Å². The van der Waals surface area contributed by atoms with Crippen LogP contribution >= 0.6 is 0 Å². The Morgan fingerprint density at radius 1 is 0.917 bits per heavy atom. The second-order valence-electron chi connectivity index (χ2n) is 6.20. The van der Waals surface area contributed by atoms with E-state index in [9.17, 15) is 0 Å². The Balaban J connectivity index is 1.68. The molecule has 1 aliphatic rings. The minimum atomic E-state index is 0.390. The molecule has 0 spiro atoms. The molecule has 0 amide bonds. The first-order valence-electron chi connectivity index (χ1n) is 7.99. The average Bonchev–Trinajstić information content (AvgIpc) is 3.18.